The summed E-state index contributed by atoms with van der Waals surface area (Å²) in [5.41, 5.74) is 2.63. The quantitative estimate of drug-likeness (QED) is 0.565. The minimum absolute atomic E-state index is 0.704. The Morgan fingerprint density at radius 1 is 1.23 bits per heavy atom. The van der Waals surface area contributed by atoms with E-state index in [1.807, 2.05) is 7.05 Å². The summed E-state index contributed by atoms with van der Waals surface area (Å²) in [6, 6.07) is 11.6. The standard InChI is InChI=1S/C24H35N5S/c1-3-23-27-21(18-30-23)11-13-26-24(25-2)29-15-12-22-20(17-29)10-7-14-28(22)16-19-8-5-4-6-9-19/h4-6,8-9,18,20,22H,3,7,10-17H2,1-2H3,(H,25,26). The number of aryl methyl sites for hydroxylation is 1. The van der Waals surface area contributed by atoms with Gasteiger partial charge in [-0.1, -0.05) is 37.3 Å². The maximum atomic E-state index is 4.68. The topological polar surface area (TPSA) is 43.8 Å². The lowest BCUT2D eigenvalue weighted by Crippen LogP contribution is -2.56. The predicted molar refractivity (Wildman–Crippen MR) is 126 cm³/mol. The van der Waals surface area contributed by atoms with E-state index in [9.17, 15) is 0 Å². The van der Waals surface area contributed by atoms with Crippen molar-refractivity contribution in [2.24, 2.45) is 10.9 Å². The van der Waals surface area contributed by atoms with Crippen molar-refractivity contribution in [2.45, 2.75) is 51.6 Å². The Morgan fingerprint density at radius 2 is 2.10 bits per heavy atom. The van der Waals surface area contributed by atoms with Gasteiger partial charge in [0, 0.05) is 51.1 Å². The number of benzene rings is 1. The number of piperidine rings is 2. The smallest absolute Gasteiger partial charge is 0.193 e. The normalized spacial score (nSPS) is 22.7. The maximum absolute atomic E-state index is 4.68. The molecule has 4 rings (SSSR count). The molecule has 1 N–H and O–H groups in total. The molecule has 1 aromatic heterocycles. The van der Waals surface area contributed by atoms with Crippen LogP contribution in [0, 0.1) is 5.92 Å². The van der Waals surface area contributed by atoms with Gasteiger partial charge >= 0.3 is 0 Å². The minimum Gasteiger partial charge on any atom is -0.356 e. The largest absolute Gasteiger partial charge is 0.356 e. The third-order valence-corrected chi connectivity index (χ3v) is 7.53. The Labute approximate surface area is 185 Å². The number of aromatic nitrogens is 1. The molecule has 2 aromatic rings. The second kappa shape index (κ2) is 10.4. The zero-order valence-electron chi connectivity index (χ0n) is 18.4. The molecule has 6 heteroatoms. The van der Waals surface area contributed by atoms with Gasteiger partial charge in [0.1, 0.15) is 0 Å². The summed E-state index contributed by atoms with van der Waals surface area (Å²) in [5, 5.41) is 7.01. The number of hydrogen-bond donors (Lipinski definition) is 1. The van der Waals surface area contributed by atoms with Crippen molar-refractivity contribution in [1.82, 2.24) is 20.1 Å². The lowest BCUT2D eigenvalue weighted by molar-refractivity contribution is 0.0373. The first kappa shape index (κ1) is 21.3. The zero-order chi connectivity index (χ0) is 20.8. The van der Waals surface area contributed by atoms with Gasteiger partial charge in [0.25, 0.3) is 0 Å². The third-order valence-electron chi connectivity index (χ3n) is 6.49. The van der Waals surface area contributed by atoms with Crippen LogP contribution in [0.4, 0.5) is 0 Å². The summed E-state index contributed by atoms with van der Waals surface area (Å²) in [4.78, 5) is 14.5. The van der Waals surface area contributed by atoms with Gasteiger partial charge in [0.2, 0.25) is 0 Å². The van der Waals surface area contributed by atoms with E-state index in [-0.39, 0.29) is 0 Å². The minimum atomic E-state index is 0.704. The molecule has 162 valence electrons. The van der Waals surface area contributed by atoms with Crippen LogP contribution in [0.15, 0.2) is 40.7 Å². The molecule has 0 amide bonds. The maximum Gasteiger partial charge on any atom is 0.193 e. The monoisotopic (exact) mass is 425 g/mol. The second-order valence-electron chi connectivity index (χ2n) is 8.47. The number of rotatable bonds is 6. The summed E-state index contributed by atoms with van der Waals surface area (Å²) in [6.07, 6.45) is 5.85. The fraction of sp³-hybridized carbons (Fsp3) is 0.583. The van der Waals surface area contributed by atoms with Crippen molar-refractivity contribution in [3.05, 3.63) is 52.0 Å². The van der Waals surface area contributed by atoms with E-state index in [1.165, 1.54) is 42.1 Å². The fourth-order valence-corrected chi connectivity index (χ4v) is 5.75. The molecule has 0 saturated carbocycles. The van der Waals surface area contributed by atoms with Crippen LogP contribution in [0.1, 0.15) is 42.5 Å². The van der Waals surface area contributed by atoms with E-state index < -0.39 is 0 Å². The molecule has 0 aliphatic carbocycles. The fourth-order valence-electron chi connectivity index (χ4n) is 4.97. The van der Waals surface area contributed by atoms with Crippen LogP contribution in [0.2, 0.25) is 0 Å². The third kappa shape index (κ3) is 5.22. The highest BCUT2D eigenvalue weighted by molar-refractivity contribution is 7.09. The van der Waals surface area contributed by atoms with Crippen molar-refractivity contribution in [2.75, 3.05) is 33.2 Å². The van der Waals surface area contributed by atoms with Gasteiger partial charge in [-0.15, -0.1) is 11.3 Å². The molecule has 2 aliphatic rings. The Balaban J connectivity index is 1.30. The molecule has 2 saturated heterocycles. The Bertz CT molecular complexity index is 818. The summed E-state index contributed by atoms with van der Waals surface area (Å²) in [5.74, 6) is 1.79. The molecule has 0 spiro atoms. The zero-order valence-corrected chi connectivity index (χ0v) is 19.2. The van der Waals surface area contributed by atoms with Crippen LogP contribution < -0.4 is 5.32 Å². The van der Waals surface area contributed by atoms with E-state index in [0.29, 0.717) is 6.04 Å². The number of nitrogens with one attached hydrogen (secondary N) is 1. The summed E-state index contributed by atoms with van der Waals surface area (Å²) < 4.78 is 0. The van der Waals surface area contributed by atoms with Crippen LogP contribution in [0.25, 0.3) is 0 Å². The van der Waals surface area contributed by atoms with Gasteiger partial charge in [0.05, 0.1) is 10.7 Å². The molecular formula is C24H35N5S. The average Bonchev–Trinajstić information content (AvgIpc) is 3.25. The van der Waals surface area contributed by atoms with E-state index in [4.69, 9.17) is 0 Å². The molecule has 2 fully saturated rings. The molecule has 30 heavy (non-hydrogen) atoms. The van der Waals surface area contributed by atoms with Crippen LogP contribution >= 0.6 is 11.3 Å². The summed E-state index contributed by atoms with van der Waals surface area (Å²) in [6.45, 7) is 7.58. The molecule has 2 atom stereocenters. The van der Waals surface area contributed by atoms with Crippen LogP contribution in [-0.4, -0.2) is 60.0 Å². The van der Waals surface area contributed by atoms with Crippen LogP contribution in [-0.2, 0) is 19.4 Å². The van der Waals surface area contributed by atoms with E-state index >= 15 is 0 Å². The lowest BCUT2D eigenvalue weighted by Gasteiger charge is -2.48. The van der Waals surface area contributed by atoms with E-state index in [1.54, 1.807) is 11.3 Å². The van der Waals surface area contributed by atoms with E-state index in [0.717, 1.165) is 50.9 Å². The molecular weight excluding hydrogens is 390 g/mol. The highest BCUT2D eigenvalue weighted by Crippen LogP contribution is 2.31. The van der Waals surface area contributed by atoms with Crippen molar-refractivity contribution >= 4 is 17.3 Å². The first-order chi connectivity index (χ1) is 14.8. The van der Waals surface area contributed by atoms with Gasteiger partial charge in [-0.3, -0.25) is 9.89 Å². The van der Waals surface area contributed by atoms with Crippen molar-refractivity contribution in [1.29, 1.82) is 0 Å². The highest BCUT2D eigenvalue weighted by Gasteiger charge is 2.36. The molecule has 2 aliphatic heterocycles. The van der Waals surface area contributed by atoms with Crippen molar-refractivity contribution in [3.8, 4) is 0 Å². The van der Waals surface area contributed by atoms with Crippen molar-refractivity contribution in [3.63, 3.8) is 0 Å². The number of thiazole rings is 1. The first-order valence-electron chi connectivity index (χ1n) is 11.4. The highest BCUT2D eigenvalue weighted by atomic mass is 32.1. The van der Waals surface area contributed by atoms with Crippen molar-refractivity contribution < 1.29 is 0 Å². The Morgan fingerprint density at radius 3 is 2.87 bits per heavy atom. The summed E-state index contributed by atoms with van der Waals surface area (Å²) in [7, 11) is 1.91. The second-order valence-corrected chi connectivity index (χ2v) is 9.41. The van der Waals surface area contributed by atoms with Gasteiger partial charge in [0.15, 0.2) is 5.96 Å². The van der Waals surface area contributed by atoms with Gasteiger partial charge < -0.3 is 10.2 Å². The number of guanidine groups is 1. The van der Waals surface area contributed by atoms with Crippen LogP contribution in [0.3, 0.4) is 0 Å². The number of aliphatic imine (C=N–C) groups is 1. The molecule has 0 radical (unpaired) electrons. The molecule has 1 aromatic carbocycles. The van der Waals surface area contributed by atoms with Gasteiger partial charge in [-0.2, -0.15) is 0 Å². The molecule has 0 bridgehead atoms. The molecule has 3 heterocycles. The lowest BCUT2D eigenvalue weighted by atomic mass is 9.83. The summed E-state index contributed by atoms with van der Waals surface area (Å²) >= 11 is 1.77. The average molecular weight is 426 g/mol. The van der Waals surface area contributed by atoms with Crippen LogP contribution in [0.5, 0.6) is 0 Å². The molecule has 2 unspecified atom stereocenters. The SMILES string of the molecule is CCc1nc(CCNC(=NC)N2CCC3C(CCCN3Cc3ccccc3)C2)cs1. The number of hydrogen-bond acceptors (Lipinski definition) is 4. The predicted octanol–water partition coefficient (Wildman–Crippen LogP) is 3.81. The Kier molecular flexibility index (Phi) is 7.39. The number of nitrogens with zero attached hydrogens (tertiary/aromatic N) is 4. The number of likely N-dealkylation sites (tertiary alicyclic amines) is 2. The van der Waals surface area contributed by atoms with E-state index in [2.05, 4.69) is 67.7 Å². The Hall–Kier alpha value is -1.92. The van der Waals surface area contributed by atoms with Gasteiger partial charge in [-0.05, 0) is 43.7 Å². The first-order valence-corrected chi connectivity index (χ1v) is 12.3. The van der Waals surface area contributed by atoms with Gasteiger partial charge in [-0.25, -0.2) is 4.98 Å². The molecule has 5 nitrogen and oxygen atoms in total. The number of fused-ring (bicyclic) bond motifs is 1.